The highest BCUT2D eigenvalue weighted by molar-refractivity contribution is 5.73. The fraction of sp³-hybridized carbons (Fsp3) is 0.500. The van der Waals surface area contributed by atoms with Crippen LogP contribution in [-0.4, -0.2) is 40.4 Å². The summed E-state index contributed by atoms with van der Waals surface area (Å²) in [6, 6.07) is 0. The maximum absolute atomic E-state index is 9.91. The number of hydrogen-bond donors (Lipinski definition) is 3. The van der Waals surface area contributed by atoms with E-state index in [0.29, 0.717) is 6.29 Å². The molecule has 0 aliphatic carbocycles. The van der Waals surface area contributed by atoms with E-state index in [0.717, 1.165) is 0 Å². The predicted molar refractivity (Wildman–Crippen MR) is 34.3 cm³/mol. The van der Waals surface area contributed by atoms with E-state index in [1.54, 1.807) is 0 Å². The standard InChI is InChI=1S/C6H10O4/c1-4(2-7)6(10)5(9)3-8/h2,5-6,8-10H,1,3H2/t5-,6+/m1/s1. The summed E-state index contributed by atoms with van der Waals surface area (Å²) in [5.41, 5.74) is -0.137. The van der Waals surface area contributed by atoms with Crippen molar-refractivity contribution in [1.29, 1.82) is 0 Å². The van der Waals surface area contributed by atoms with Crippen LogP contribution in [-0.2, 0) is 4.79 Å². The molecule has 4 nitrogen and oxygen atoms in total. The molecule has 0 bridgehead atoms. The molecule has 0 fully saturated rings. The highest BCUT2D eigenvalue weighted by atomic mass is 16.4. The quantitative estimate of drug-likeness (QED) is 0.331. The van der Waals surface area contributed by atoms with Gasteiger partial charge in [0.25, 0.3) is 0 Å². The highest BCUT2D eigenvalue weighted by Gasteiger charge is 2.17. The van der Waals surface area contributed by atoms with Crippen molar-refractivity contribution in [2.45, 2.75) is 12.2 Å². The summed E-state index contributed by atoms with van der Waals surface area (Å²) in [6.07, 6.45) is -2.34. The summed E-state index contributed by atoms with van der Waals surface area (Å²) in [5.74, 6) is 0. The minimum Gasteiger partial charge on any atom is -0.394 e. The van der Waals surface area contributed by atoms with Gasteiger partial charge < -0.3 is 15.3 Å². The van der Waals surface area contributed by atoms with Gasteiger partial charge in [0, 0.05) is 5.57 Å². The van der Waals surface area contributed by atoms with E-state index in [2.05, 4.69) is 6.58 Å². The lowest BCUT2D eigenvalue weighted by Gasteiger charge is -2.13. The van der Waals surface area contributed by atoms with Gasteiger partial charge in [-0.2, -0.15) is 0 Å². The van der Waals surface area contributed by atoms with Crippen molar-refractivity contribution in [3.05, 3.63) is 12.2 Å². The van der Waals surface area contributed by atoms with Gasteiger partial charge in [-0.15, -0.1) is 0 Å². The van der Waals surface area contributed by atoms with E-state index >= 15 is 0 Å². The lowest BCUT2D eigenvalue weighted by Crippen LogP contribution is -2.31. The Morgan fingerprint density at radius 2 is 2.10 bits per heavy atom. The summed E-state index contributed by atoms with van der Waals surface area (Å²) < 4.78 is 0. The van der Waals surface area contributed by atoms with Gasteiger partial charge in [-0.1, -0.05) is 6.58 Å². The lowest BCUT2D eigenvalue weighted by molar-refractivity contribution is -0.106. The molecule has 0 aromatic rings. The van der Waals surface area contributed by atoms with Crippen molar-refractivity contribution in [3.63, 3.8) is 0 Å². The number of hydrogen-bond acceptors (Lipinski definition) is 4. The van der Waals surface area contributed by atoms with E-state index in [-0.39, 0.29) is 5.57 Å². The Bertz CT molecular complexity index is 132. The van der Waals surface area contributed by atoms with Gasteiger partial charge in [-0.25, -0.2) is 0 Å². The topological polar surface area (TPSA) is 77.8 Å². The molecule has 10 heavy (non-hydrogen) atoms. The molecular formula is C6H10O4. The molecule has 0 aliphatic heterocycles. The second kappa shape index (κ2) is 4.16. The molecule has 0 radical (unpaired) electrons. The largest absolute Gasteiger partial charge is 0.394 e. The summed E-state index contributed by atoms with van der Waals surface area (Å²) in [5, 5.41) is 25.8. The zero-order chi connectivity index (χ0) is 8.15. The van der Waals surface area contributed by atoms with Crippen molar-refractivity contribution in [3.8, 4) is 0 Å². The first-order valence-electron chi connectivity index (χ1n) is 2.74. The number of carbonyl (C=O) groups excluding carboxylic acids is 1. The van der Waals surface area contributed by atoms with Crippen molar-refractivity contribution in [2.24, 2.45) is 0 Å². The van der Waals surface area contributed by atoms with E-state index in [1.165, 1.54) is 0 Å². The molecule has 4 heteroatoms. The van der Waals surface area contributed by atoms with Crippen LogP contribution in [0.1, 0.15) is 0 Å². The average Bonchev–Trinajstić information content (AvgIpc) is 2.00. The zero-order valence-corrected chi connectivity index (χ0v) is 5.40. The monoisotopic (exact) mass is 146 g/mol. The molecule has 0 unspecified atom stereocenters. The first-order valence-corrected chi connectivity index (χ1v) is 2.74. The van der Waals surface area contributed by atoms with Crippen LogP contribution < -0.4 is 0 Å². The van der Waals surface area contributed by atoms with Crippen LogP contribution in [0.25, 0.3) is 0 Å². The van der Waals surface area contributed by atoms with Crippen molar-refractivity contribution in [1.82, 2.24) is 0 Å². The normalized spacial score (nSPS) is 15.9. The molecule has 0 saturated heterocycles. The van der Waals surface area contributed by atoms with Gasteiger partial charge >= 0.3 is 0 Å². The summed E-state index contributed by atoms with van der Waals surface area (Å²) in [6.45, 7) is 2.56. The Morgan fingerprint density at radius 3 is 2.40 bits per heavy atom. The molecule has 3 N–H and O–H groups in total. The van der Waals surface area contributed by atoms with Crippen LogP contribution in [0.15, 0.2) is 12.2 Å². The number of aliphatic hydroxyl groups is 3. The van der Waals surface area contributed by atoms with Gasteiger partial charge in [0.05, 0.1) is 6.61 Å². The number of aldehydes is 1. The van der Waals surface area contributed by atoms with Gasteiger partial charge in [-0.3, -0.25) is 4.79 Å². The van der Waals surface area contributed by atoms with Crippen LogP contribution in [0.2, 0.25) is 0 Å². The Morgan fingerprint density at radius 1 is 1.60 bits per heavy atom. The fourth-order valence-corrected chi connectivity index (χ4v) is 0.417. The van der Waals surface area contributed by atoms with Crippen molar-refractivity contribution < 1.29 is 20.1 Å². The number of rotatable bonds is 4. The van der Waals surface area contributed by atoms with E-state index < -0.39 is 18.8 Å². The SMILES string of the molecule is C=C(C=O)[C@H](O)[C@H](O)CO. The predicted octanol–water partition coefficient (Wildman–Crippen LogP) is -1.54. The van der Waals surface area contributed by atoms with Gasteiger partial charge in [-0.05, 0) is 0 Å². The molecule has 0 aromatic heterocycles. The van der Waals surface area contributed by atoms with E-state index in [4.69, 9.17) is 15.3 Å². The first kappa shape index (κ1) is 9.29. The third kappa shape index (κ3) is 2.26. The molecule has 0 aromatic carbocycles. The summed E-state index contributed by atoms with van der Waals surface area (Å²) in [7, 11) is 0. The third-order valence-corrected chi connectivity index (χ3v) is 1.08. The van der Waals surface area contributed by atoms with E-state index in [1.807, 2.05) is 0 Å². The van der Waals surface area contributed by atoms with Gasteiger partial charge in [0.15, 0.2) is 0 Å². The Balaban J connectivity index is 3.93. The molecule has 0 heterocycles. The Kier molecular flexibility index (Phi) is 3.87. The molecule has 0 spiro atoms. The Hall–Kier alpha value is -0.710. The van der Waals surface area contributed by atoms with E-state index in [9.17, 15) is 4.79 Å². The molecule has 0 rings (SSSR count). The van der Waals surface area contributed by atoms with Crippen molar-refractivity contribution >= 4 is 6.29 Å². The molecule has 0 saturated carbocycles. The smallest absolute Gasteiger partial charge is 0.148 e. The first-order chi connectivity index (χ1) is 4.63. The fourth-order valence-electron chi connectivity index (χ4n) is 0.417. The second-order valence-electron chi connectivity index (χ2n) is 1.89. The van der Waals surface area contributed by atoms with Crippen LogP contribution in [0, 0.1) is 0 Å². The van der Waals surface area contributed by atoms with Crippen LogP contribution in [0.5, 0.6) is 0 Å². The Labute approximate surface area is 58.4 Å². The molecule has 0 aliphatic rings. The molecular weight excluding hydrogens is 136 g/mol. The van der Waals surface area contributed by atoms with Crippen molar-refractivity contribution in [2.75, 3.05) is 6.61 Å². The van der Waals surface area contributed by atoms with Crippen LogP contribution >= 0.6 is 0 Å². The second-order valence-corrected chi connectivity index (χ2v) is 1.89. The summed E-state index contributed by atoms with van der Waals surface area (Å²) in [4.78, 5) is 9.91. The molecule has 58 valence electrons. The minimum atomic E-state index is -1.36. The third-order valence-electron chi connectivity index (χ3n) is 1.08. The average molecular weight is 146 g/mol. The maximum Gasteiger partial charge on any atom is 0.148 e. The summed E-state index contributed by atoms with van der Waals surface area (Å²) >= 11 is 0. The zero-order valence-electron chi connectivity index (χ0n) is 5.40. The number of carbonyl (C=O) groups is 1. The molecule has 2 atom stereocenters. The highest BCUT2D eigenvalue weighted by Crippen LogP contribution is 2.00. The maximum atomic E-state index is 9.91. The number of aliphatic hydroxyl groups excluding tert-OH is 3. The minimum absolute atomic E-state index is 0.137. The lowest BCUT2D eigenvalue weighted by atomic mass is 10.1. The van der Waals surface area contributed by atoms with Crippen LogP contribution in [0.4, 0.5) is 0 Å². The van der Waals surface area contributed by atoms with Gasteiger partial charge in [0.1, 0.15) is 18.5 Å². The van der Waals surface area contributed by atoms with Gasteiger partial charge in [0.2, 0.25) is 0 Å². The van der Waals surface area contributed by atoms with Crippen LogP contribution in [0.3, 0.4) is 0 Å². The molecule has 0 amide bonds.